The monoisotopic (exact) mass is 251 g/mol. The maximum Gasteiger partial charge on any atom is 0.272 e. The molecular weight excluding hydrogens is 233 g/mol. The van der Waals surface area contributed by atoms with Crippen LogP contribution in [0.3, 0.4) is 0 Å². The van der Waals surface area contributed by atoms with Crippen molar-refractivity contribution in [1.82, 2.24) is 14.8 Å². The third kappa shape index (κ3) is 2.51. The number of halogens is 1. The van der Waals surface area contributed by atoms with Gasteiger partial charge in [0.15, 0.2) is 0 Å². The number of nitrogens with zero attached hydrogens (tertiary/aromatic N) is 3. The molecule has 0 N–H and O–H groups in total. The molecule has 0 bridgehead atoms. The molecule has 0 spiro atoms. The fourth-order valence-corrected chi connectivity index (χ4v) is 2.48. The molecule has 2 atom stereocenters. The fourth-order valence-electron chi connectivity index (χ4n) is 2.48. The summed E-state index contributed by atoms with van der Waals surface area (Å²) in [5.74, 6) is -0.388. The first-order chi connectivity index (χ1) is 8.49. The van der Waals surface area contributed by atoms with Crippen molar-refractivity contribution in [2.24, 2.45) is 5.92 Å². The summed E-state index contributed by atoms with van der Waals surface area (Å²) in [6, 6.07) is 4.66. The summed E-state index contributed by atoms with van der Waals surface area (Å²) in [4.78, 5) is 19.7. The largest absolute Gasteiger partial charge is 0.335 e. The predicted molar refractivity (Wildman–Crippen MR) is 66.7 cm³/mol. The molecule has 0 aromatic carbocycles. The lowest BCUT2D eigenvalue weighted by atomic mass is 10.1. The molecule has 1 aromatic heterocycles. The first-order valence-corrected chi connectivity index (χ1v) is 6.07. The SMILES string of the molecule is CC1CN(C(=O)c2cccc(F)n2)CC1N(C)C. The topological polar surface area (TPSA) is 36.4 Å². The van der Waals surface area contributed by atoms with E-state index in [4.69, 9.17) is 0 Å². The lowest BCUT2D eigenvalue weighted by molar-refractivity contribution is 0.0774. The van der Waals surface area contributed by atoms with Gasteiger partial charge in [0.05, 0.1) is 0 Å². The maximum absolute atomic E-state index is 13.0. The van der Waals surface area contributed by atoms with Gasteiger partial charge in [0.25, 0.3) is 5.91 Å². The average Bonchev–Trinajstić information content (AvgIpc) is 2.70. The Balaban J connectivity index is 2.12. The van der Waals surface area contributed by atoms with Gasteiger partial charge in [-0.2, -0.15) is 4.39 Å². The zero-order chi connectivity index (χ0) is 13.3. The van der Waals surface area contributed by atoms with Crippen molar-refractivity contribution in [3.63, 3.8) is 0 Å². The third-order valence-corrected chi connectivity index (χ3v) is 3.46. The number of carbonyl (C=O) groups excluding carboxylic acids is 1. The Morgan fingerprint density at radius 3 is 2.72 bits per heavy atom. The Bertz CT molecular complexity index is 450. The lowest BCUT2D eigenvalue weighted by Crippen LogP contribution is -2.36. The Labute approximate surface area is 106 Å². The summed E-state index contributed by atoms with van der Waals surface area (Å²) in [5.41, 5.74) is 0.182. The van der Waals surface area contributed by atoms with Crippen molar-refractivity contribution in [2.45, 2.75) is 13.0 Å². The van der Waals surface area contributed by atoms with Crippen molar-refractivity contribution in [3.05, 3.63) is 29.8 Å². The molecule has 0 radical (unpaired) electrons. The Morgan fingerprint density at radius 1 is 1.44 bits per heavy atom. The standard InChI is InChI=1S/C13H18FN3O/c1-9-7-17(8-11(9)16(2)3)13(18)10-5-4-6-12(14)15-10/h4-6,9,11H,7-8H2,1-3H3. The molecule has 18 heavy (non-hydrogen) atoms. The number of aromatic nitrogens is 1. The van der Waals surface area contributed by atoms with Crippen molar-refractivity contribution in [2.75, 3.05) is 27.2 Å². The number of likely N-dealkylation sites (tertiary alicyclic amines) is 1. The van der Waals surface area contributed by atoms with Gasteiger partial charge in [0.1, 0.15) is 5.69 Å². The third-order valence-electron chi connectivity index (χ3n) is 3.46. The van der Waals surface area contributed by atoms with Crippen molar-refractivity contribution >= 4 is 5.91 Å². The van der Waals surface area contributed by atoms with E-state index in [-0.39, 0.29) is 11.6 Å². The first-order valence-electron chi connectivity index (χ1n) is 6.07. The smallest absolute Gasteiger partial charge is 0.272 e. The lowest BCUT2D eigenvalue weighted by Gasteiger charge is -2.22. The number of carbonyl (C=O) groups is 1. The number of hydrogen-bond donors (Lipinski definition) is 0. The highest BCUT2D eigenvalue weighted by molar-refractivity contribution is 5.92. The number of amides is 1. The van der Waals surface area contributed by atoms with Gasteiger partial charge in [-0.05, 0) is 32.1 Å². The van der Waals surface area contributed by atoms with Crippen molar-refractivity contribution < 1.29 is 9.18 Å². The second-order valence-corrected chi connectivity index (χ2v) is 5.06. The van der Waals surface area contributed by atoms with E-state index in [1.165, 1.54) is 12.1 Å². The second kappa shape index (κ2) is 5.02. The number of likely N-dealkylation sites (N-methyl/N-ethyl adjacent to an activating group) is 1. The van der Waals surface area contributed by atoms with Crippen LogP contribution < -0.4 is 0 Å². The van der Waals surface area contributed by atoms with E-state index >= 15 is 0 Å². The molecule has 1 fully saturated rings. The normalized spacial score (nSPS) is 23.7. The minimum atomic E-state index is -0.614. The number of pyridine rings is 1. The molecule has 4 nitrogen and oxygen atoms in total. The molecular formula is C13H18FN3O. The second-order valence-electron chi connectivity index (χ2n) is 5.06. The molecule has 2 heterocycles. The Morgan fingerprint density at radius 2 is 2.17 bits per heavy atom. The molecule has 0 aliphatic carbocycles. The van der Waals surface area contributed by atoms with E-state index in [1.54, 1.807) is 11.0 Å². The van der Waals surface area contributed by atoms with Crippen LogP contribution in [0.15, 0.2) is 18.2 Å². The van der Waals surface area contributed by atoms with Gasteiger partial charge >= 0.3 is 0 Å². The summed E-state index contributed by atoms with van der Waals surface area (Å²) in [6.07, 6.45) is 0. The van der Waals surface area contributed by atoms with Crippen LogP contribution in [0.25, 0.3) is 0 Å². The Hall–Kier alpha value is -1.49. The van der Waals surface area contributed by atoms with Gasteiger partial charge in [-0.25, -0.2) is 4.98 Å². The summed E-state index contributed by atoms with van der Waals surface area (Å²) < 4.78 is 13.0. The van der Waals surface area contributed by atoms with Crippen LogP contribution in [0.1, 0.15) is 17.4 Å². The zero-order valence-corrected chi connectivity index (χ0v) is 10.9. The summed E-state index contributed by atoms with van der Waals surface area (Å²) in [6.45, 7) is 3.49. The van der Waals surface area contributed by atoms with Crippen LogP contribution in [0.2, 0.25) is 0 Å². The van der Waals surface area contributed by atoms with Gasteiger partial charge in [-0.1, -0.05) is 13.0 Å². The van der Waals surface area contributed by atoms with Crippen LogP contribution in [-0.2, 0) is 0 Å². The summed E-state index contributed by atoms with van der Waals surface area (Å²) in [7, 11) is 4.02. The van der Waals surface area contributed by atoms with Crippen LogP contribution >= 0.6 is 0 Å². The van der Waals surface area contributed by atoms with Gasteiger partial charge in [0, 0.05) is 19.1 Å². The maximum atomic E-state index is 13.0. The molecule has 2 rings (SSSR count). The molecule has 1 aliphatic rings. The van der Waals surface area contributed by atoms with Crippen LogP contribution in [0.5, 0.6) is 0 Å². The highest BCUT2D eigenvalue weighted by atomic mass is 19.1. The Kier molecular flexibility index (Phi) is 3.61. The zero-order valence-electron chi connectivity index (χ0n) is 10.9. The number of hydrogen-bond acceptors (Lipinski definition) is 3. The van der Waals surface area contributed by atoms with Crippen LogP contribution in [-0.4, -0.2) is 53.9 Å². The van der Waals surface area contributed by atoms with E-state index in [0.29, 0.717) is 25.0 Å². The minimum absolute atomic E-state index is 0.182. The molecule has 1 aliphatic heterocycles. The van der Waals surface area contributed by atoms with E-state index in [1.807, 2.05) is 14.1 Å². The molecule has 98 valence electrons. The molecule has 1 amide bonds. The van der Waals surface area contributed by atoms with E-state index in [2.05, 4.69) is 16.8 Å². The molecule has 2 unspecified atom stereocenters. The van der Waals surface area contributed by atoms with Gasteiger partial charge < -0.3 is 9.80 Å². The van der Waals surface area contributed by atoms with Gasteiger partial charge in [0.2, 0.25) is 5.95 Å². The molecule has 1 aromatic rings. The summed E-state index contributed by atoms with van der Waals surface area (Å²) >= 11 is 0. The first kappa shape index (κ1) is 13.0. The number of rotatable bonds is 2. The van der Waals surface area contributed by atoms with E-state index in [9.17, 15) is 9.18 Å². The van der Waals surface area contributed by atoms with Crippen molar-refractivity contribution in [3.8, 4) is 0 Å². The molecule has 1 saturated heterocycles. The highest BCUT2D eigenvalue weighted by Crippen LogP contribution is 2.21. The quantitative estimate of drug-likeness (QED) is 0.742. The molecule has 0 saturated carbocycles. The summed E-state index contributed by atoms with van der Waals surface area (Å²) in [5, 5.41) is 0. The minimum Gasteiger partial charge on any atom is -0.335 e. The molecule has 5 heteroatoms. The predicted octanol–water partition coefficient (Wildman–Crippen LogP) is 1.24. The van der Waals surface area contributed by atoms with Gasteiger partial charge in [-0.3, -0.25) is 4.79 Å². The van der Waals surface area contributed by atoms with E-state index in [0.717, 1.165) is 0 Å². The van der Waals surface area contributed by atoms with E-state index < -0.39 is 5.95 Å². The van der Waals surface area contributed by atoms with Crippen LogP contribution in [0, 0.1) is 11.9 Å². The van der Waals surface area contributed by atoms with Crippen LogP contribution in [0.4, 0.5) is 4.39 Å². The van der Waals surface area contributed by atoms with Crippen molar-refractivity contribution in [1.29, 1.82) is 0 Å². The average molecular weight is 251 g/mol. The highest BCUT2D eigenvalue weighted by Gasteiger charge is 2.34. The van der Waals surface area contributed by atoms with Gasteiger partial charge in [-0.15, -0.1) is 0 Å². The fraction of sp³-hybridized carbons (Fsp3) is 0.538.